The predicted molar refractivity (Wildman–Crippen MR) is 46.5 cm³/mol. The molecular formula is C10H16N. The molecule has 1 aliphatic carbocycles. The third-order valence-electron chi connectivity index (χ3n) is 2.97. The van der Waals surface area contributed by atoms with E-state index in [9.17, 15) is 0 Å². The number of hydrogen-bond acceptors (Lipinski definition) is 0. The number of hydrogen-bond donors (Lipinski definition) is 0. The average Bonchev–Trinajstić information content (AvgIpc) is 2.58. The summed E-state index contributed by atoms with van der Waals surface area (Å²) in [6.07, 6.45) is 10.2. The van der Waals surface area contributed by atoms with Crippen LogP contribution in [0.1, 0.15) is 25.7 Å². The van der Waals surface area contributed by atoms with Crippen molar-refractivity contribution in [2.45, 2.75) is 25.7 Å². The smallest absolute Gasteiger partial charge is 0.0136 e. The minimum absolute atomic E-state index is 0.908. The molecule has 1 radical (unpaired) electrons. The molecule has 0 aromatic heterocycles. The fourth-order valence-electron chi connectivity index (χ4n) is 2.25. The van der Waals surface area contributed by atoms with Gasteiger partial charge in [0.1, 0.15) is 0 Å². The van der Waals surface area contributed by atoms with Gasteiger partial charge in [0, 0.05) is 13.1 Å². The molecule has 0 spiro atoms. The van der Waals surface area contributed by atoms with E-state index in [1.807, 2.05) is 0 Å². The minimum Gasteiger partial charge on any atom is -0.242 e. The summed E-state index contributed by atoms with van der Waals surface area (Å²) in [7, 11) is 0. The van der Waals surface area contributed by atoms with Crippen LogP contribution in [0.15, 0.2) is 12.2 Å². The van der Waals surface area contributed by atoms with Gasteiger partial charge in [-0.15, -0.1) is 0 Å². The third kappa shape index (κ3) is 1.64. The fourth-order valence-corrected chi connectivity index (χ4v) is 2.25. The first-order valence-corrected chi connectivity index (χ1v) is 4.77. The molecule has 0 saturated carbocycles. The molecule has 0 aromatic carbocycles. The van der Waals surface area contributed by atoms with E-state index in [1.54, 1.807) is 0 Å². The molecule has 1 saturated heterocycles. The van der Waals surface area contributed by atoms with E-state index in [-0.39, 0.29) is 0 Å². The minimum atomic E-state index is 0.908. The lowest BCUT2D eigenvalue weighted by molar-refractivity contribution is 0.293. The van der Waals surface area contributed by atoms with Crippen molar-refractivity contribution in [3.8, 4) is 0 Å². The van der Waals surface area contributed by atoms with Crippen LogP contribution in [0.3, 0.4) is 0 Å². The SMILES string of the molecule is C1=CC(C2CC[N]CC2)CC1. The highest BCUT2D eigenvalue weighted by Gasteiger charge is 2.22. The second-order valence-corrected chi connectivity index (χ2v) is 3.68. The summed E-state index contributed by atoms with van der Waals surface area (Å²) in [5.41, 5.74) is 0. The molecule has 1 unspecified atom stereocenters. The first-order chi connectivity index (χ1) is 5.47. The van der Waals surface area contributed by atoms with Gasteiger partial charge in [-0.05, 0) is 37.5 Å². The molecule has 0 bridgehead atoms. The summed E-state index contributed by atoms with van der Waals surface area (Å²) in [5, 5.41) is 4.37. The van der Waals surface area contributed by atoms with E-state index >= 15 is 0 Å². The molecule has 1 aliphatic heterocycles. The van der Waals surface area contributed by atoms with Gasteiger partial charge in [-0.25, -0.2) is 5.32 Å². The maximum absolute atomic E-state index is 4.37. The highest BCUT2D eigenvalue weighted by atomic mass is 14.9. The van der Waals surface area contributed by atoms with Gasteiger partial charge < -0.3 is 0 Å². The Labute approximate surface area is 68.9 Å². The summed E-state index contributed by atoms with van der Waals surface area (Å²) >= 11 is 0. The van der Waals surface area contributed by atoms with Gasteiger partial charge in [0.2, 0.25) is 0 Å². The Morgan fingerprint density at radius 3 is 2.55 bits per heavy atom. The monoisotopic (exact) mass is 150 g/mol. The summed E-state index contributed by atoms with van der Waals surface area (Å²) in [6.45, 7) is 2.24. The van der Waals surface area contributed by atoms with Gasteiger partial charge in [-0.1, -0.05) is 12.2 Å². The topological polar surface area (TPSA) is 14.1 Å². The van der Waals surface area contributed by atoms with Crippen LogP contribution in [0.2, 0.25) is 0 Å². The van der Waals surface area contributed by atoms with Crippen LogP contribution in [0.25, 0.3) is 0 Å². The lowest BCUT2D eigenvalue weighted by Crippen LogP contribution is -2.26. The number of piperidine rings is 1. The number of nitrogens with zero attached hydrogens (tertiary/aromatic N) is 1. The number of rotatable bonds is 1. The Bertz CT molecular complexity index is 145. The van der Waals surface area contributed by atoms with E-state index in [1.165, 1.54) is 25.7 Å². The van der Waals surface area contributed by atoms with Crippen LogP contribution in [-0.4, -0.2) is 13.1 Å². The highest BCUT2D eigenvalue weighted by molar-refractivity contribution is 4.99. The summed E-state index contributed by atoms with van der Waals surface area (Å²) < 4.78 is 0. The Kier molecular flexibility index (Phi) is 2.27. The maximum Gasteiger partial charge on any atom is 0.0136 e. The van der Waals surface area contributed by atoms with Crippen molar-refractivity contribution in [1.29, 1.82) is 0 Å². The molecule has 2 rings (SSSR count). The van der Waals surface area contributed by atoms with Crippen LogP contribution >= 0.6 is 0 Å². The van der Waals surface area contributed by atoms with Crippen molar-refractivity contribution in [3.05, 3.63) is 12.2 Å². The van der Waals surface area contributed by atoms with Crippen molar-refractivity contribution in [1.82, 2.24) is 5.32 Å². The summed E-state index contributed by atoms with van der Waals surface area (Å²) in [5.74, 6) is 1.87. The lowest BCUT2D eigenvalue weighted by Gasteiger charge is -2.25. The molecule has 11 heavy (non-hydrogen) atoms. The zero-order valence-electron chi connectivity index (χ0n) is 7.00. The summed E-state index contributed by atoms with van der Waals surface area (Å²) in [4.78, 5) is 0. The van der Waals surface area contributed by atoms with Gasteiger partial charge in [0.15, 0.2) is 0 Å². The second-order valence-electron chi connectivity index (χ2n) is 3.68. The van der Waals surface area contributed by atoms with E-state index in [0.717, 1.165) is 24.9 Å². The van der Waals surface area contributed by atoms with Crippen molar-refractivity contribution in [2.75, 3.05) is 13.1 Å². The molecule has 0 N–H and O–H groups in total. The normalized spacial score (nSPS) is 32.9. The number of allylic oxidation sites excluding steroid dienone is 2. The molecule has 1 heteroatoms. The van der Waals surface area contributed by atoms with Crippen LogP contribution in [0.5, 0.6) is 0 Å². The lowest BCUT2D eigenvalue weighted by atomic mass is 9.85. The van der Waals surface area contributed by atoms with Crippen molar-refractivity contribution < 1.29 is 0 Å². The second kappa shape index (κ2) is 3.40. The van der Waals surface area contributed by atoms with Crippen molar-refractivity contribution >= 4 is 0 Å². The third-order valence-corrected chi connectivity index (χ3v) is 2.97. The molecule has 1 fully saturated rings. The molecule has 1 heterocycles. The molecule has 2 aliphatic rings. The Hall–Kier alpha value is -0.300. The average molecular weight is 150 g/mol. The maximum atomic E-state index is 4.37. The Morgan fingerprint density at radius 1 is 1.09 bits per heavy atom. The molecule has 0 amide bonds. The van der Waals surface area contributed by atoms with Crippen LogP contribution < -0.4 is 5.32 Å². The standard InChI is InChI=1S/C10H16N/c1-2-4-9(3-1)10-5-7-11-8-6-10/h1,3,9-10H,2,4-8H2. The first kappa shape index (κ1) is 7.35. The molecule has 0 aromatic rings. The van der Waals surface area contributed by atoms with Gasteiger partial charge >= 0.3 is 0 Å². The highest BCUT2D eigenvalue weighted by Crippen LogP contribution is 2.30. The quantitative estimate of drug-likeness (QED) is 0.507. The van der Waals surface area contributed by atoms with E-state index in [0.29, 0.717) is 0 Å². The molecule has 61 valence electrons. The van der Waals surface area contributed by atoms with E-state index in [2.05, 4.69) is 17.5 Å². The Balaban J connectivity index is 1.87. The van der Waals surface area contributed by atoms with Gasteiger partial charge in [-0.3, -0.25) is 0 Å². The zero-order valence-corrected chi connectivity index (χ0v) is 7.00. The van der Waals surface area contributed by atoms with Crippen LogP contribution in [-0.2, 0) is 0 Å². The van der Waals surface area contributed by atoms with Gasteiger partial charge in [0.05, 0.1) is 0 Å². The first-order valence-electron chi connectivity index (χ1n) is 4.77. The van der Waals surface area contributed by atoms with Crippen molar-refractivity contribution in [3.63, 3.8) is 0 Å². The van der Waals surface area contributed by atoms with Gasteiger partial charge in [0.25, 0.3) is 0 Å². The Morgan fingerprint density at radius 2 is 1.91 bits per heavy atom. The van der Waals surface area contributed by atoms with E-state index in [4.69, 9.17) is 0 Å². The zero-order chi connectivity index (χ0) is 7.52. The largest absolute Gasteiger partial charge is 0.242 e. The summed E-state index contributed by atoms with van der Waals surface area (Å²) in [6, 6.07) is 0. The van der Waals surface area contributed by atoms with Crippen molar-refractivity contribution in [2.24, 2.45) is 11.8 Å². The van der Waals surface area contributed by atoms with Gasteiger partial charge in [-0.2, -0.15) is 0 Å². The molecular weight excluding hydrogens is 134 g/mol. The van der Waals surface area contributed by atoms with E-state index < -0.39 is 0 Å². The molecule has 1 nitrogen and oxygen atoms in total. The van der Waals surface area contributed by atoms with Crippen LogP contribution in [0.4, 0.5) is 0 Å². The van der Waals surface area contributed by atoms with Crippen LogP contribution in [0, 0.1) is 11.8 Å². The fraction of sp³-hybridized carbons (Fsp3) is 0.800. The predicted octanol–water partition coefficient (Wildman–Crippen LogP) is 1.97. The molecule has 1 atom stereocenters.